The molecule has 0 unspecified atom stereocenters. The molecule has 0 N–H and O–H groups in total. The summed E-state index contributed by atoms with van der Waals surface area (Å²) in [6.45, 7) is 2.13. The van der Waals surface area contributed by atoms with Crippen LogP contribution in [-0.2, 0) is 0 Å². The Kier molecular flexibility index (Phi) is 3.81. The van der Waals surface area contributed by atoms with E-state index in [2.05, 4.69) is 71.4 Å². The molecular weight excluding hydrogens is 363 g/mol. The fourth-order valence-electron chi connectivity index (χ4n) is 1.21. The summed E-state index contributed by atoms with van der Waals surface area (Å²) in [6, 6.07) is 17.5. The van der Waals surface area contributed by atoms with Crippen LogP contribution in [-0.4, -0.2) is 0 Å². The second kappa shape index (κ2) is 5.12. The summed E-state index contributed by atoms with van der Waals surface area (Å²) < 4.78 is 4.08. The summed E-state index contributed by atoms with van der Waals surface area (Å²) in [6.07, 6.45) is 0. The molecule has 2 heteroatoms. The van der Waals surface area contributed by atoms with Gasteiger partial charge >= 0.3 is 21.2 Å². The Morgan fingerprint density at radius 3 is 1.80 bits per heavy atom. The molecule has 0 fully saturated rings. The number of halogens is 2. The van der Waals surface area contributed by atoms with Gasteiger partial charge in [-0.05, 0) is 43.3 Å². The van der Waals surface area contributed by atoms with Crippen LogP contribution in [0.2, 0.25) is 0 Å². The average molecular weight is 374 g/mol. The molecule has 0 aliphatic carbocycles. The smallest absolute Gasteiger partial charge is 0.0548 e. The Balaban J connectivity index is 2.15. The van der Waals surface area contributed by atoms with E-state index in [-0.39, 0.29) is 21.2 Å². The number of hydrogen-bond donors (Lipinski definition) is 0. The Bertz CT molecular complexity index is 388. The summed E-state index contributed by atoms with van der Waals surface area (Å²) in [5, 5.41) is 0. The number of hydrogen-bond acceptors (Lipinski definition) is 0. The predicted molar refractivity (Wildman–Crippen MR) is 62.7 cm³/mol. The van der Waals surface area contributed by atoms with Crippen molar-refractivity contribution in [3.63, 3.8) is 0 Å². The first-order valence-corrected chi connectivity index (χ1v) is 7.66. The highest BCUT2D eigenvalue weighted by Crippen LogP contribution is 2.05. The fourth-order valence-corrected chi connectivity index (χ4v) is 3.64. The summed E-state index contributed by atoms with van der Waals surface area (Å²) in [5.41, 5.74) is 1.33. The number of benzene rings is 2. The second-order valence-corrected chi connectivity index (χ2v) is 7.27. The highest BCUT2D eigenvalue weighted by molar-refractivity contribution is 9.10. The lowest BCUT2D eigenvalue weighted by molar-refractivity contribution is -0.597. The Morgan fingerprint density at radius 1 is 0.800 bits per heavy atom. The molecule has 0 nitrogen and oxygen atoms in total. The minimum Gasteiger partial charge on any atom is -0.0548 e. The standard InChI is InChI=1S/C13H11BrI/c1-10-2-6-12(7-3-10)15-13-8-4-11(14)5-9-13/h2-9H,1H3/q+1. The van der Waals surface area contributed by atoms with Crippen molar-refractivity contribution in [2.24, 2.45) is 0 Å². The lowest BCUT2D eigenvalue weighted by atomic mass is 10.2. The quantitative estimate of drug-likeness (QED) is 0.686. The second-order valence-electron chi connectivity index (χ2n) is 3.33. The molecule has 0 radical (unpaired) electrons. The zero-order valence-electron chi connectivity index (χ0n) is 8.37. The molecule has 2 rings (SSSR count). The molecule has 0 amide bonds. The van der Waals surface area contributed by atoms with Crippen LogP contribution in [0.3, 0.4) is 0 Å². The van der Waals surface area contributed by atoms with Crippen molar-refractivity contribution in [2.45, 2.75) is 6.92 Å². The summed E-state index contributed by atoms with van der Waals surface area (Å²) in [7, 11) is 0. The minimum atomic E-state index is -0.0177. The molecule has 76 valence electrons. The lowest BCUT2D eigenvalue weighted by Gasteiger charge is -1.90. The van der Waals surface area contributed by atoms with E-state index in [1.165, 1.54) is 12.7 Å². The van der Waals surface area contributed by atoms with Gasteiger partial charge in [-0.2, -0.15) is 0 Å². The molecule has 0 aromatic heterocycles. The van der Waals surface area contributed by atoms with E-state index in [0.29, 0.717) is 0 Å². The van der Waals surface area contributed by atoms with Crippen molar-refractivity contribution < 1.29 is 21.2 Å². The zero-order chi connectivity index (χ0) is 10.7. The molecule has 0 spiro atoms. The van der Waals surface area contributed by atoms with Crippen LogP contribution >= 0.6 is 15.9 Å². The fraction of sp³-hybridized carbons (Fsp3) is 0.0769. The molecule has 0 heterocycles. The molecule has 0 atom stereocenters. The van der Waals surface area contributed by atoms with Gasteiger partial charge in [0.05, 0.1) is 0 Å². The van der Waals surface area contributed by atoms with Crippen LogP contribution in [0, 0.1) is 14.1 Å². The third kappa shape index (κ3) is 3.31. The molecule has 2 aromatic rings. The Morgan fingerprint density at radius 2 is 1.27 bits per heavy atom. The van der Waals surface area contributed by atoms with Crippen molar-refractivity contribution in [2.75, 3.05) is 0 Å². The number of rotatable bonds is 2. The summed E-state index contributed by atoms with van der Waals surface area (Å²) in [4.78, 5) is 0. The van der Waals surface area contributed by atoms with Gasteiger partial charge in [-0.25, -0.2) is 0 Å². The van der Waals surface area contributed by atoms with Crippen molar-refractivity contribution >= 4 is 15.9 Å². The molecule has 0 aliphatic heterocycles. The monoisotopic (exact) mass is 373 g/mol. The van der Waals surface area contributed by atoms with Crippen molar-refractivity contribution in [1.82, 2.24) is 0 Å². The molecule has 0 saturated heterocycles. The summed E-state index contributed by atoms with van der Waals surface area (Å²) in [5.74, 6) is 0. The first-order chi connectivity index (χ1) is 7.24. The lowest BCUT2D eigenvalue weighted by Crippen LogP contribution is -3.61. The Hall–Kier alpha value is -0.350. The van der Waals surface area contributed by atoms with Crippen molar-refractivity contribution in [3.05, 3.63) is 65.7 Å². The topological polar surface area (TPSA) is 0 Å². The van der Waals surface area contributed by atoms with Crippen LogP contribution < -0.4 is 21.2 Å². The van der Waals surface area contributed by atoms with Gasteiger partial charge in [-0.15, -0.1) is 0 Å². The van der Waals surface area contributed by atoms with E-state index in [0.717, 1.165) is 4.47 Å². The summed E-state index contributed by atoms with van der Waals surface area (Å²) >= 11 is 3.43. The normalized spacial score (nSPS) is 10.3. The van der Waals surface area contributed by atoms with Crippen molar-refractivity contribution in [3.8, 4) is 0 Å². The zero-order valence-corrected chi connectivity index (χ0v) is 12.1. The first-order valence-electron chi connectivity index (χ1n) is 4.71. The highest BCUT2D eigenvalue weighted by atomic mass is 127. The van der Waals surface area contributed by atoms with E-state index in [1.54, 1.807) is 0 Å². The largest absolute Gasteiger partial charge is 0.357 e. The van der Waals surface area contributed by atoms with E-state index in [1.807, 2.05) is 0 Å². The van der Waals surface area contributed by atoms with Crippen LogP contribution in [0.1, 0.15) is 5.56 Å². The van der Waals surface area contributed by atoms with Gasteiger partial charge in [0.2, 0.25) is 0 Å². The van der Waals surface area contributed by atoms with Crippen LogP contribution in [0.4, 0.5) is 0 Å². The SMILES string of the molecule is Cc1ccc([I+]c2ccc(Br)cc2)cc1. The van der Waals surface area contributed by atoms with Crippen LogP contribution in [0.25, 0.3) is 0 Å². The van der Waals surface area contributed by atoms with Crippen LogP contribution in [0.15, 0.2) is 53.0 Å². The van der Waals surface area contributed by atoms with Crippen molar-refractivity contribution in [1.29, 1.82) is 0 Å². The average Bonchev–Trinajstić information content (AvgIpc) is 2.25. The molecule has 15 heavy (non-hydrogen) atoms. The maximum atomic E-state index is 3.45. The van der Waals surface area contributed by atoms with Crippen LogP contribution in [0.5, 0.6) is 0 Å². The number of aryl methyl sites for hydroxylation is 1. The molecular formula is C13H11BrI+. The first kappa shape index (κ1) is 11.1. The van der Waals surface area contributed by atoms with Gasteiger partial charge in [-0.3, -0.25) is 0 Å². The van der Waals surface area contributed by atoms with E-state index >= 15 is 0 Å². The van der Waals surface area contributed by atoms with E-state index in [9.17, 15) is 0 Å². The van der Waals surface area contributed by atoms with Gasteiger partial charge in [-0.1, -0.05) is 33.6 Å². The third-order valence-electron chi connectivity index (χ3n) is 2.03. The highest BCUT2D eigenvalue weighted by Gasteiger charge is 2.14. The van der Waals surface area contributed by atoms with Gasteiger partial charge in [0.15, 0.2) is 7.14 Å². The maximum Gasteiger partial charge on any atom is 0.357 e. The third-order valence-corrected chi connectivity index (χ3v) is 5.25. The maximum absolute atomic E-state index is 3.45. The van der Waals surface area contributed by atoms with Gasteiger partial charge in [0.25, 0.3) is 0 Å². The van der Waals surface area contributed by atoms with Gasteiger partial charge in [0, 0.05) is 4.47 Å². The minimum absolute atomic E-state index is 0.0177. The Labute approximate surface area is 109 Å². The molecule has 0 aliphatic rings. The molecule has 2 aromatic carbocycles. The van der Waals surface area contributed by atoms with Gasteiger partial charge in [0.1, 0.15) is 0 Å². The van der Waals surface area contributed by atoms with E-state index in [4.69, 9.17) is 0 Å². The molecule has 0 bridgehead atoms. The molecule has 0 saturated carbocycles. The van der Waals surface area contributed by atoms with Gasteiger partial charge < -0.3 is 0 Å². The van der Waals surface area contributed by atoms with E-state index < -0.39 is 0 Å². The predicted octanol–water partition coefficient (Wildman–Crippen LogP) is 0.886.